The molecule has 6 nitrogen and oxygen atoms in total. The average Bonchev–Trinajstić information content (AvgIpc) is 3.03. The van der Waals surface area contributed by atoms with E-state index in [0.29, 0.717) is 11.3 Å². The molecule has 1 aromatic heterocycles. The number of aryl methyl sites for hydroxylation is 1. The summed E-state index contributed by atoms with van der Waals surface area (Å²) in [4.78, 5) is 31.0. The highest BCUT2D eigenvalue weighted by Gasteiger charge is 2.07. The number of ketones is 1. The number of imidazole rings is 1. The molecular formula is C18H18N4O2. The number of amides is 2. The molecule has 24 heavy (non-hydrogen) atoms. The molecule has 0 radical (unpaired) electrons. The van der Waals surface area contributed by atoms with Gasteiger partial charge >= 0.3 is 6.03 Å². The van der Waals surface area contributed by atoms with Crippen molar-refractivity contribution in [3.8, 4) is 0 Å². The Morgan fingerprint density at radius 3 is 2.71 bits per heavy atom. The molecule has 2 aromatic carbocycles. The van der Waals surface area contributed by atoms with E-state index in [2.05, 4.69) is 20.6 Å². The first kappa shape index (κ1) is 15.7. The topological polar surface area (TPSA) is 86.9 Å². The van der Waals surface area contributed by atoms with Crippen LogP contribution >= 0.6 is 0 Å². The molecule has 3 rings (SSSR count). The number of carbonyl (C=O) groups is 2. The third-order valence-corrected chi connectivity index (χ3v) is 3.69. The molecule has 3 N–H and O–H groups in total. The van der Waals surface area contributed by atoms with Crippen molar-refractivity contribution in [3.05, 3.63) is 59.9 Å². The van der Waals surface area contributed by atoms with Gasteiger partial charge in [0.25, 0.3) is 0 Å². The number of anilines is 1. The maximum Gasteiger partial charge on any atom is 0.319 e. The van der Waals surface area contributed by atoms with Gasteiger partial charge in [-0.1, -0.05) is 29.8 Å². The third-order valence-electron chi connectivity index (χ3n) is 3.69. The molecule has 3 aromatic rings. The normalized spacial score (nSPS) is 10.5. The summed E-state index contributed by atoms with van der Waals surface area (Å²) >= 11 is 0. The van der Waals surface area contributed by atoms with Gasteiger partial charge in [0.2, 0.25) is 0 Å². The van der Waals surface area contributed by atoms with Crippen LogP contribution in [0.3, 0.4) is 0 Å². The van der Waals surface area contributed by atoms with E-state index < -0.39 is 0 Å². The number of aromatic nitrogens is 2. The molecule has 122 valence electrons. The molecule has 0 aliphatic carbocycles. The second-order valence-corrected chi connectivity index (χ2v) is 5.55. The summed E-state index contributed by atoms with van der Waals surface area (Å²) in [7, 11) is 0. The Labute approximate surface area is 139 Å². The zero-order valence-electron chi connectivity index (χ0n) is 13.3. The smallest absolute Gasteiger partial charge is 0.319 e. The number of nitrogens with one attached hydrogen (secondary N) is 3. The van der Waals surface area contributed by atoms with E-state index in [-0.39, 0.29) is 24.8 Å². The summed E-state index contributed by atoms with van der Waals surface area (Å²) in [6.07, 6.45) is 1.86. The summed E-state index contributed by atoms with van der Waals surface area (Å²) in [6, 6.07) is 12.5. The van der Waals surface area contributed by atoms with Crippen molar-refractivity contribution >= 4 is 28.5 Å². The molecule has 0 atom stereocenters. The van der Waals surface area contributed by atoms with Crippen molar-refractivity contribution in [3.63, 3.8) is 0 Å². The van der Waals surface area contributed by atoms with Crippen LogP contribution in [0, 0.1) is 6.92 Å². The zero-order valence-corrected chi connectivity index (χ0v) is 13.3. The van der Waals surface area contributed by atoms with Gasteiger partial charge in [0.05, 0.1) is 17.4 Å². The van der Waals surface area contributed by atoms with Gasteiger partial charge in [-0.05, 0) is 25.1 Å². The number of aromatic amines is 1. The minimum Gasteiger partial charge on any atom is -0.345 e. The molecule has 6 heteroatoms. The number of urea groups is 1. The first-order valence-corrected chi connectivity index (χ1v) is 7.70. The summed E-state index contributed by atoms with van der Waals surface area (Å²) in [5, 5.41) is 5.42. The Balaban J connectivity index is 1.48. The van der Waals surface area contributed by atoms with Crippen molar-refractivity contribution < 1.29 is 9.59 Å². The Morgan fingerprint density at radius 1 is 1.12 bits per heavy atom. The lowest BCUT2D eigenvalue weighted by Gasteiger charge is -2.07. The van der Waals surface area contributed by atoms with E-state index in [1.54, 1.807) is 30.6 Å². The van der Waals surface area contributed by atoms with Crippen LogP contribution in [-0.2, 0) is 0 Å². The third kappa shape index (κ3) is 3.78. The van der Waals surface area contributed by atoms with E-state index >= 15 is 0 Å². The van der Waals surface area contributed by atoms with Gasteiger partial charge in [-0.15, -0.1) is 0 Å². The van der Waals surface area contributed by atoms with E-state index in [1.807, 2.05) is 25.1 Å². The number of nitrogens with zero attached hydrogens (tertiary/aromatic N) is 1. The van der Waals surface area contributed by atoms with Crippen LogP contribution in [0.15, 0.2) is 48.8 Å². The number of Topliss-reactive ketones (excluding diaryl/α,β-unsaturated/α-hetero) is 1. The molecule has 0 unspecified atom stereocenters. The Hall–Kier alpha value is -3.15. The fourth-order valence-corrected chi connectivity index (χ4v) is 2.36. The fraction of sp³-hybridized carbons (Fsp3) is 0.167. The van der Waals surface area contributed by atoms with E-state index in [4.69, 9.17) is 0 Å². The van der Waals surface area contributed by atoms with Crippen molar-refractivity contribution in [2.24, 2.45) is 0 Å². The van der Waals surface area contributed by atoms with Crippen LogP contribution in [0.4, 0.5) is 10.5 Å². The van der Waals surface area contributed by atoms with Crippen molar-refractivity contribution in [1.29, 1.82) is 0 Å². The lowest BCUT2D eigenvalue weighted by atomic mass is 10.1. The van der Waals surface area contributed by atoms with Crippen LogP contribution < -0.4 is 10.6 Å². The van der Waals surface area contributed by atoms with Crippen molar-refractivity contribution in [1.82, 2.24) is 15.3 Å². The second-order valence-electron chi connectivity index (χ2n) is 5.55. The quantitative estimate of drug-likeness (QED) is 0.630. The molecule has 0 bridgehead atoms. The van der Waals surface area contributed by atoms with Gasteiger partial charge in [-0.25, -0.2) is 9.78 Å². The molecule has 0 aliphatic rings. The molecule has 0 aliphatic heterocycles. The zero-order chi connectivity index (χ0) is 16.9. The maximum absolute atomic E-state index is 12.0. The van der Waals surface area contributed by atoms with E-state index in [0.717, 1.165) is 16.6 Å². The molecule has 0 saturated carbocycles. The standard InChI is InChI=1S/C18H18N4O2/c1-12-2-4-13(5-3-12)17(23)8-9-19-18(24)22-14-6-7-15-16(10-14)21-11-20-15/h2-7,10-11H,8-9H2,1H3,(H,20,21)(H2,19,22,24). The van der Waals surface area contributed by atoms with Gasteiger partial charge < -0.3 is 15.6 Å². The lowest BCUT2D eigenvalue weighted by Crippen LogP contribution is -2.30. The minimum absolute atomic E-state index is 0.00850. The number of fused-ring (bicyclic) bond motifs is 1. The highest BCUT2D eigenvalue weighted by Crippen LogP contribution is 2.15. The van der Waals surface area contributed by atoms with Gasteiger partial charge in [0.15, 0.2) is 5.78 Å². The van der Waals surface area contributed by atoms with Gasteiger partial charge in [-0.3, -0.25) is 4.79 Å². The summed E-state index contributed by atoms with van der Waals surface area (Å²) in [5.74, 6) is 0.00850. The highest BCUT2D eigenvalue weighted by molar-refractivity contribution is 5.97. The van der Waals surface area contributed by atoms with Crippen LogP contribution in [0.2, 0.25) is 0 Å². The van der Waals surface area contributed by atoms with Crippen LogP contribution in [-0.4, -0.2) is 28.3 Å². The summed E-state index contributed by atoms with van der Waals surface area (Å²) < 4.78 is 0. The Kier molecular flexibility index (Phi) is 4.56. The monoisotopic (exact) mass is 322 g/mol. The second kappa shape index (κ2) is 6.95. The predicted molar refractivity (Wildman–Crippen MR) is 93.2 cm³/mol. The lowest BCUT2D eigenvalue weighted by molar-refractivity contribution is 0.0984. The largest absolute Gasteiger partial charge is 0.345 e. The number of rotatable bonds is 5. The summed E-state index contributed by atoms with van der Waals surface area (Å²) in [6.45, 7) is 2.26. The van der Waals surface area contributed by atoms with Crippen LogP contribution in [0.25, 0.3) is 11.0 Å². The fourth-order valence-electron chi connectivity index (χ4n) is 2.36. The molecular weight excluding hydrogens is 304 g/mol. The van der Waals surface area contributed by atoms with Gasteiger partial charge in [-0.2, -0.15) is 0 Å². The van der Waals surface area contributed by atoms with Crippen LogP contribution in [0.5, 0.6) is 0 Å². The first-order valence-electron chi connectivity index (χ1n) is 7.70. The number of hydrogen-bond donors (Lipinski definition) is 3. The number of benzene rings is 2. The maximum atomic E-state index is 12.0. The van der Waals surface area contributed by atoms with E-state index in [9.17, 15) is 9.59 Å². The first-order chi connectivity index (χ1) is 11.6. The minimum atomic E-state index is -0.342. The van der Waals surface area contributed by atoms with Gasteiger partial charge in [0, 0.05) is 24.2 Å². The Bertz CT molecular complexity index is 868. The average molecular weight is 322 g/mol. The SMILES string of the molecule is Cc1ccc(C(=O)CCNC(=O)Nc2ccc3nc[nH]c3c2)cc1. The molecule has 2 amide bonds. The molecule has 1 heterocycles. The molecule has 0 spiro atoms. The van der Waals surface area contributed by atoms with Crippen molar-refractivity contribution in [2.75, 3.05) is 11.9 Å². The van der Waals surface area contributed by atoms with Gasteiger partial charge in [0.1, 0.15) is 0 Å². The van der Waals surface area contributed by atoms with Crippen molar-refractivity contribution in [2.45, 2.75) is 13.3 Å². The molecule has 0 fully saturated rings. The van der Waals surface area contributed by atoms with Crippen LogP contribution in [0.1, 0.15) is 22.3 Å². The predicted octanol–water partition coefficient (Wildman–Crippen LogP) is 3.27. The number of hydrogen-bond acceptors (Lipinski definition) is 3. The van der Waals surface area contributed by atoms with E-state index in [1.165, 1.54) is 0 Å². The molecule has 0 saturated heterocycles. The summed E-state index contributed by atoms with van der Waals surface area (Å²) in [5.41, 5.74) is 4.12. The number of carbonyl (C=O) groups excluding carboxylic acids is 2. The Morgan fingerprint density at radius 2 is 1.92 bits per heavy atom. The highest BCUT2D eigenvalue weighted by atomic mass is 16.2. The number of H-pyrrole nitrogens is 1.